The summed E-state index contributed by atoms with van der Waals surface area (Å²) in [5.41, 5.74) is 0. The average Bonchev–Trinajstić information content (AvgIpc) is 1.90. The average molecular weight is 174 g/mol. The summed E-state index contributed by atoms with van der Waals surface area (Å²) in [5, 5.41) is 13.9. The summed E-state index contributed by atoms with van der Waals surface area (Å²) < 4.78 is 9.89. The van der Waals surface area contributed by atoms with Crippen molar-refractivity contribution in [3.05, 3.63) is 0 Å². The van der Waals surface area contributed by atoms with Gasteiger partial charge >= 0.3 is 35.7 Å². The van der Waals surface area contributed by atoms with Crippen LogP contribution in [0.15, 0.2) is 0 Å². The van der Waals surface area contributed by atoms with Crippen LogP contribution in [0.25, 0.3) is 0 Å². The summed E-state index contributed by atoms with van der Waals surface area (Å²) in [6, 6.07) is 0. The van der Waals surface area contributed by atoms with E-state index in [-0.39, 0.29) is 29.6 Å². The van der Waals surface area contributed by atoms with Gasteiger partial charge in [-0.1, -0.05) is 0 Å². The van der Waals surface area contributed by atoms with E-state index in [9.17, 15) is 0 Å². The van der Waals surface area contributed by atoms with Crippen molar-refractivity contribution in [3.63, 3.8) is 0 Å². The van der Waals surface area contributed by atoms with E-state index < -0.39 is 6.16 Å². The second-order valence-corrected chi connectivity index (χ2v) is 1.51. The van der Waals surface area contributed by atoms with E-state index in [1.807, 2.05) is 0 Å². The molecule has 0 aromatic heterocycles. The molecule has 0 radical (unpaired) electrons. The predicted octanol–water partition coefficient (Wildman–Crippen LogP) is -0.393. The van der Waals surface area contributed by atoms with E-state index >= 15 is 0 Å². The first kappa shape index (κ1) is 13.8. The fourth-order valence-electron chi connectivity index (χ4n) is 0.440. The maximum absolute atomic E-state index is 8.56. The standard InChI is InChI=1S/C4H8O2.CH2O3.Na.H/c1-2-6-4-3-5-1;2-1(3)4;;/h1-4H2;(H2,2,3,4);;. The summed E-state index contributed by atoms with van der Waals surface area (Å²) in [6.45, 7) is 3.11. The van der Waals surface area contributed by atoms with E-state index in [1.165, 1.54) is 0 Å². The molecule has 62 valence electrons. The number of carboxylic acid groups (broad SMARTS) is 2. The normalized spacial score (nSPS) is 15.3. The van der Waals surface area contributed by atoms with Crippen LogP contribution in [0, 0.1) is 0 Å². The fourth-order valence-corrected chi connectivity index (χ4v) is 0.440. The Morgan fingerprint density at radius 3 is 1.27 bits per heavy atom. The molecule has 1 heterocycles. The van der Waals surface area contributed by atoms with Gasteiger partial charge in [0.1, 0.15) is 0 Å². The van der Waals surface area contributed by atoms with E-state index in [2.05, 4.69) is 0 Å². The first-order chi connectivity index (χ1) is 4.73. The van der Waals surface area contributed by atoms with Gasteiger partial charge in [-0.05, 0) is 0 Å². The van der Waals surface area contributed by atoms with Gasteiger partial charge in [-0.15, -0.1) is 0 Å². The molecule has 0 atom stereocenters. The Kier molecular flexibility index (Phi) is 12.7. The Morgan fingerprint density at radius 1 is 1.00 bits per heavy atom. The molecule has 1 aliphatic heterocycles. The van der Waals surface area contributed by atoms with Crippen LogP contribution in [0.4, 0.5) is 4.79 Å². The number of hydrogen-bond donors (Lipinski definition) is 2. The Hall–Kier alpha value is 0.190. The van der Waals surface area contributed by atoms with Crippen molar-refractivity contribution in [1.82, 2.24) is 0 Å². The first-order valence-electron chi connectivity index (χ1n) is 2.81. The number of hydrogen-bond acceptors (Lipinski definition) is 3. The van der Waals surface area contributed by atoms with Crippen molar-refractivity contribution in [2.75, 3.05) is 26.4 Å². The van der Waals surface area contributed by atoms with Gasteiger partial charge in [-0.2, -0.15) is 0 Å². The Balaban J connectivity index is 0. The van der Waals surface area contributed by atoms with E-state index in [0.29, 0.717) is 0 Å². The van der Waals surface area contributed by atoms with Crippen LogP contribution in [0.3, 0.4) is 0 Å². The van der Waals surface area contributed by atoms with Crippen LogP contribution in [-0.2, 0) is 9.47 Å². The molecule has 0 aromatic carbocycles. The quantitative estimate of drug-likeness (QED) is 0.489. The SMILES string of the molecule is C1COCCO1.O=C(O)O.[NaH]. The van der Waals surface area contributed by atoms with Gasteiger partial charge in [-0.3, -0.25) is 0 Å². The molecule has 0 spiro atoms. The van der Waals surface area contributed by atoms with Gasteiger partial charge in [0, 0.05) is 0 Å². The summed E-state index contributed by atoms with van der Waals surface area (Å²) in [5.74, 6) is 0. The molecule has 0 aliphatic carbocycles. The van der Waals surface area contributed by atoms with Crippen LogP contribution < -0.4 is 0 Å². The van der Waals surface area contributed by atoms with E-state index in [1.54, 1.807) is 0 Å². The van der Waals surface area contributed by atoms with Crippen LogP contribution in [-0.4, -0.2) is 72.4 Å². The molecule has 1 rings (SSSR count). The van der Waals surface area contributed by atoms with Gasteiger partial charge in [0.05, 0.1) is 26.4 Å². The van der Waals surface area contributed by atoms with Crippen molar-refractivity contribution in [3.8, 4) is 0 Å². The molecule has 11 heavy (non-hydrogen) atoms. The second kappa shape index (κ2) is 10.2. The third kappa shape index (κ3) is 17.8. The number of ether oxygens (including phenoxy) is 2. The summed E-state index contributed by atoms with van der Waals surface area (Å²) >= 11 is 0. The third-order valence-electron chi connectivity index (χ3n) is 0.744. The summed E-state index contributed by atoms with van der Waals surface area (Å²) in [6.07, 6.45) is -1.83. The van der Waals surface area contributed by atoms with Crippen molar-refractivity contribution in [2.45, 2.75) is 0 Å². The van der Waals surface area contributed by atoms with E-state index in [0.717, 1.165) is 26.4 Å². The molecule has 0 saturated carbocycles. The van der Waals surface area contributed by atoms with Crippen molar-refractivity contribution >= 4 is 35.7 Å². The minimum atomic E-state index is -1.83. The summed E-state index contributed by atoms with van der Waals surface area (Å²) in [7, 11) is 0. The topological polar surface area (TPSA) is 76.0 Å². The molecule has 2 N–H and O–H groups in total. The Labute approximate surface area is 86.6 Å². The Bertz CT molecular complexity index is 77.4. The van der Waals surface area contributed by atoms with Crippen molar-refractivity contribution < 1.29 is 24.5 Å². The Morgan fingerprint density at radius 2 is 1.18 bits per heavy atom. The van der Waals surface area contributed by atoms with Gasteiger partial charge in [-0.25, -0.2) is 4.79 Å². The van der Waals surface area contributed by atoms with E-state index in [4.69, 9.17) is 24.5 Å². The van der Waals surface area contributed by atoms with Crippen LogP contribution in [0.5, 0.6) is 0 Å². The minimum absolute atomic E-state index is 0. The molecular weight excluding hydrogens is 163 g/mol. The molecular formula is C5H11NaO5. The van der Waals surface area contributed by atoms with Crippen LogP contribution in [0.1, 0.15) is 0 Å². The molecule has 0 unspecified atom stereocenters. The van der Waals surface area contributed by atoms with Gasteiger partial charge < -0.3 is 19.7 Å². The second-order valence-electron chi connectivity index (χ2n) is 1.51. The monoisotopic (exact) mass is 174 g/mol. The molecule has 6 heteroatoms. The molecule has 0 aromatic rings. The van der Waals surface area contributed by atoms with Gasteiger partial charge in [0.15, 0.2) is 0 Å². The first-order valence-corrected chi connectivity index (χ1v) is 2.81. The zero-order valence-corrected chi connectivity index (χ0v) is 5.45. The van der Waals surface area contributed by atoms with Crippen LogP contribution >= 0.6 is 0 Å². The number of rotatable bonds is 0. The number of carbonyl (C=O) groups is 1. The van der Waals surface area contributed by atoms with Crippen molar-refractivity contribution in [1.29, 1.82) is 0 Å². The molecule has 1 aliphatic rings. The summed E-state index contributed by atoms with van der Waals surface area (Å²) in [4.78, 5) is 8.56. The zero-order valence-electron chi connectivity index (χ0n) is 5.45. The third-order valence-corrected chi connectivity index (χ3v) is 0.744. The van der Waals surface area contributed by atoms with Crippen LogP contribution in [0.2, 0.25) is 0 Å². The molecule has 0 amide bonds. The molecule has 1 saturated heterocycles. The predicted molar refractivity (Wildman–Crippen MR) is 39.4 cm³/mol. The maximum atomic E-state index is 8.56. The zero-order chi connectivity index (χ0) is 7.82. The van der Waals surface area contributed by atoms with Gasteiger partial charge in [0.2, 0.25) is 0 Å². The fraction of sp³-hybridized carbons (Fsp3) is 0.800. The van der Waals surface area contributed by atoms with Gasteiger partial charge in [0.25, 0.3) is 0 Å². The molecule has 5 nitrogen and oxygen atoms in total. The molecule has 0 bridgehead atoms. The molecule has 1 fully saturated rings. The van der Waals surface area contributed by atoms with Crippen molar-refractivity contribution in [2.24, 2.45) is 0 Å².